The molecule has 5 unspecified atom stereocenters. The van der Waals surface area contributed by atoms with Crippen molar-refractivity contribution in [1.29, 1.82) is 0 Å². The Labute approximate surface area is 148 Å². The van der Waals surface area contributed by atoms with E-state index in [2.05, 4.69) is 6.92 Å². The predicted molar refractivity (Wildman–Crippen MR) is 91.7 cm³/mol. The highest BCUT2D eigenvalue weighted by Gasteiger charge is 2.61. The molecule has 3 rings (SSSR count). The second kappa shape index (κ2) is 6.13. The molecule has 25 heavy (non-hydrogen) atoms. The van der Waals surface area contributed by atoms with E-state index in [1.54, 1.807) is 26.2 Å². The molecule has 136 valence electrons. The van der Waals surface area contributed by atoms with Gasteiger partial charge in [-0.25, -0.2) is 4.79 Å². The average molecular weight is 346 g/mol. The van der Waals surface area contributed by atoms with Crippen LogP contribution in [0.1, 0.15) is 69.6 Å². The topological polar surface area (TPSA) is 76.7 Å². The number of carbonyl (C=O) groups is 2. The fraction of sp³-hybridized carbons (Fsp3) is 0.600. The summed E-state index contributed by atoms with van der Waals surface area (Å²) in [5, 5.41) is 10.9. The average Bonchev–Trinajstić information content (AvgIpc) is 2.96. The van der Waals surface area contributed by atoms with Crippen molar-refractivity contribution in [1.82, 2.24) is 0 Å². The van der Waals surface area contributed by atoms with Gasteiger partial charge in [0.15, 0.2) is 0 Å². The molecule has 1 aromatic rings. The summed E-state index contributed by atoms with van der Waals surface area (Å²) in [5.74, 6) is -0.537. The summed E-state index contributed by atoms with van der Waals surface area (Å²) in [6.07, 6.45) is 2.81. The number of esters is 1. The number of rotatable bonds is 2. The van der Waals surface area contributed by atoms with E-state index in [-0.39, 0.29) is 11.7 Å². The van der Waals surface area contributed by atoms with Gasteiger partial charge in [0.1, 0.15) is 23.8 Å². The summed E-state index contributed by atoms with van der Waals surface area (Å²) in [5.41, 5.74) is 1.39. The molecule has 5 atom stereocenters. The van der Waals surface area contributed by atoms with Crippen molar-refractivity contribution in [2.24, 2.45) is 17.3 Å². The van der Waals surface area contributed by atoms with Gasteiger partial charge in [-0.05, 0) is 38.7 Å². The van der Waals surface area contributed by atoms with Crippen LogP contribution in [-0.2, 0) is 14.3 Å². The summed E-state index contributed by atoms with van der Waals surface area (Å²) >= 11 is 0. The fourth-order valence-electron chi connectivity index (χ4n) is 4.42. The van der Waals surface area contributed by atoms with E-state index >= 15 is 0 Å². The third kappa shape index (κ3) is 2.48. The van der Waals surface area contributed by atoms with Crippen molar-refractivity contribution < 1.29 is 23.8 Å². The van der Waals surface area contributed by atoms with Crippen molar-refractivity contribution in [2.75, 3.05) is 0 Å². The summed E-state index contributed by atoms with van der Waals surface area (Å²) in [4.78, 5) is 25.2. The highest BCUT2D eigenvalue weighted by atomic mass is 16.5. The monoisotopic (exact) mass is 346 g/mol. The van der Waals surface area contributed by atoms with Gasteiger partial charge in [0.05, 0.1) is 12.2 Å². The van der Waals surface area contributed by atoms with Gasteiger partial charge < -0.3 is 14.3 Å². The zero-order valence-electron chi connectivity index (χ0n) is 15.5. The number of Topliss-reactive ketones (excluding diaryl/α,β-unsaturated/α-hetero) is 1. The molecular formula is C20H26O5. The third-order valence-electron chi connectivity index (χ3n) is 6.35. The quantitative estimate of drug-likeness (QED) is 0.651. The minimum Gasteiger partial charge on any atom is -0.466 e. The minimum absolute atomic E-state index is 0.0107. The van der Waals surface area contributed by atoms with Crippen LogP contribution in [-0.4, -0.2) is 16.9 Å². The van der Waals surface area contributed by atoms with Crippen LogP contribution >= 0.6 is 0 Å². The van der Waals surface area contributed by atoms with Crippen LogP contribution in [0, 0.1) is 24.2 Å². The lowest BCUT2D eigenvalue weighted by molar-refractivity contribution is -0.181. The smallest absolute Gasteiger partial charge is 0.334 e. The lowest BCUT2D eigenvalue weighted by Crippen LogP contribution is -2.53. The SMILES string of the molecule is CC=C(C)C(=O)OC1c2c(C)coc2C(O)C2C(=O)CCC(C)C12C. The zero-order chi connectivity index (χ0) is 18.5. The van der Waals surface area contributed by atoms with Gasteiger partial charge in [-0.15, -0.1) is 0 Å². The van der Waals surface area contributed by atoms with Gasteiger partial charge in [-0.1, -0.05) is 19.9 Å². The summed E-state index contributed by atoms with van der Waals surface area (Å²) in [6, 6.07) is 0. The van der Waals surface area contributed by atoms with Crippen LogP contribution in [0.4, 0.5) is 0 Å². The maximum Gasteiger partial charge on any atom is 0.334 e. The number of aliphatic hydroxyl groups excluding tert-OH is 1. The van der Waals surface area contributed by atoms with Gasteiger partial charge in [0.2, 0.25) is 0 Å². The lowest BCUT2D eigenvalue weighted by Gasteiger charge is -2.53. The van der Waals surface area contributed by atoms with Crippen molar-refractivity contribution >= 4 is 11.8 Å². The van der Waals surface area contributed by atoms with E-state index in [1.165, 1.54) is 0 Å². The van der Waals surface area contributed by atoms with E-state index < -0.39 is 29.5 Å². The van der Waals surface area contributed by atoms with Gasteiger partial charge in [0.25, 0.3) is 0 Å². The molecule has 5 nitrogen and oxygen atoms in total. The van der Waals surface area contributed by atoms with Crippen LogP contribution in [0.3, 0.4) is 0 Å². The number of furan rings is 1. The molecule has 0 saturated heterocycles. The molecule has 0 aromatic carbocycles. The highest BCUT2D eigenvalue weighted by Crippen LogP contribution is 2.61. The first kappa shape index (κ1) is 17.9. The maximum absolute atomic E-state index is 12.7. The molecule has 0 bridgehead atoms. The van der Waals surface area contributed by atoms with Crippen LogP contribution in [0.25, 0.3) is 0 Å². The highest BCUT2D eigenvalue weighted by molar-refractivity contribution is 5.88. The molecule has 1 saturated carbocycles. The Morgan fingerprint density at radius 2 is 2.16 bits per heavy atom. The van der Waals surface area contributed by atoms with Crippen molar-refractivity contribution in [3.63, 3.8) is 0 Å². The van der Waals surface area contributed by atoms with Crippen LogP contribution < -0.4 is 0 Å². The zero-order valence-corrected chi connectivity index (χ0v) is 15.5. The van der Waals surface area contributed by atoms with Crippen molar-refractivity contribution in [3.8, 4) is 0 Å². The van der Waals surface area contributed by atoms with Gasteiger partial charge in [0, 0.05) is 23.0 Å². The molecule has 2 aliphatic rings. The van der Waals surface area contributed by atoms with E-state index in [0.717, 1.165) is 12.0 Å². The fourth-order valence-corrected chi connectivity index (χ4v) is 4.42. The number of aryl methyl sites for hydroxylation is 1. The molecule has 5 heteroatoms. The number of hydrogen-bond acceptors (Lipinski definition) is 5. The molecule has 2 aliphatic carbocycles. The van der Waals surface area contributed by atoms with Gasteiger partial charge >= 0.3 is 5.97 Å². The molecule has 1 aromatic heterocycles. The largest absolute Gasteiger partial charge is 0.466 e. The molecule has 1 N–H and O–H groups in total. The van der Waals surface area contributed by atoms with E-state index in [0.29, 0.717) is 23.3 Å². The maximum atomic E-state index is 12.7. The van der Waals surface area contributed by atoms with Crippen LogP contribution in [0.2, 0.25) is 0 Å². The molecule has 0 amide bonds. The molecule has 0 radical (unpaired) electrons. The van der Waals surface area contributed by atoms with Crippen LogP contribution in [0.15, 0.2) is 22.3 Å². The van der Waals surface area contributed by atoms with Crippen molar-refractivity contribution in [3.05, 3.63) is 34.8 Å². The number of ether oxygens (including phenoxy) is 1. The summed E-state index contributed by atoms with van der Waals surface area (Å²) < 4.78 is 11.5. The Bertz CT molecular complexity index is 743. The second-order valence-electron chi connectivity index (χ2n) is 7.65. The number of allylic oxidation sites excluding steroid dienone is 1. The normalized spacial score (nSPS) is 35.1. The molecule has 1 fully saturated rings. The summed E-state index contributed by atoms with van der Waals surface area (Å²) in [7, 11) is 0. The van der Waals surface area contributed by atoms with E-state index in [9.17, 15) is 14.7 Å². The minimum atomic E-state index is -0.998. The lowest BCUT2D eigenvalue weighted by atomic mass is 9.53. The number of ketones is 1. The Morgan fingerprint density at radius 1 is 1.48 bits per heavy atom. The Balaban J connectivity index is 2.17. The predicted octanol–water partition coefficient (Wildman–Crippen LogP) is 3.81. The third-order valence-corrected chi connectivity index (χ3v) is 6.35. The Kier molecular flexibility index (Phi) is 4.40. The van der Waals surface area contributed by atoms with Crippen LogP contribution in [0.5, 0.6) is 0 Å². The number of fused-ring (bicyclic) bond motifs is 2. The van der Waals surface area contributed by atoms with E-state index in [1.807, 2.05) is 13.8 Å². The first-order valence-electron chi connectivity index (χ1n) is 8.86. The molecule has 0 spiro atoms. The first-order valence-corrected chi connectivity index (χ1v) is 8.86. The van der Waals surface area contributed by atoms with Gasteiger partial charge in [-0.3, -0.25) is 4.79 Å². The van der Waals surface area contributed by atoms with E-state index in [4.69, 9.17) is 9.15 Å². The Morgan fingerprint density at radius 3 is 2.80 bits per heavy atom. The molecule has 1 heterocycles. The number of carbonyl (C=O) groups excluding carboxylic acids is 2. The van der Waals surface area contributed by atoms with Crippen molar-refractivity contribution in [2.45, 2.75) is 59.7 Å². The van der Waals surface area contributed by atoms with Gasteiger partial charge in [-0.2, -0.15) is 0 Å². The second-order valence-corrected chi connectivity index (χ2v) is 7.65. The standard InChI is InChI=1S/C20H26O5/c1-6-10(2)19(23)25-18-14-11(3)9-24-17(14)16(22)15-13(21)8-7-12(4)20(15,18)5/h6,9,12,15-16,18,22H,7-8H2,1-5H3. The molecule has 0 aliphatic heterocycles. The first-order chi connectivity index (χ1) is 11.7. The summed E-state index contributed by atoms with van der Waals surface area (Å²) in [6.45, 7) is 9.39. The molecular weight excluding hydrogens is 320 g/mol. The Hall–Kier alpha value is -1.88. The number of hydrogen-bond donors (Lipinski definition) is 1. The number of aliphatic hydroxyl groups is 1.